The normalized spacial score (nSPS) is 9.83. The third-order valence-electron chi connectivity index (χ3n) is 2.76. The zero-order chi connectivity index (χ0) is 13.4. The highest BCUT2D eigenvalue weighted by molar-refractivity contribution is 5.48. The van der Waals surface area contributed by atoms with Gasteiger partial charge in [0, 0.05) is 0 Å². The number of nitriles is 1. The van der Waals surface area contributed by atoms with Crippen molar-refractivity contribution >= 4 is 0 Å². The molecule has 0 aromatic heterocycles. The van der Waals surface area contributed by atoms with E-state index in [1.54, 1.807) is 6.08 Å². The molecule has 0 amide bonds. The lowest BCUT2D eigenvalue weighted by molar-refractivity contribution is 0.354. The van der Waals surface area contributed by atoms with Gasteiger partial charge in [0.2, 0.25) is 0 Å². The van der Waals surface area contributed by atoms with E-state index in [0.29, 0.717) is 6.61 Å². The Labute approximate surface area is 110 Å². The minimum absolute atomic E-state index is 0.513. The first-order chi connectivity index (χ1) is 8.76. The Morgan fingerprint density at radius 1 is 1.22 bits per heavy atom. The maximum Gasteiger partial charge on any atom is 0.126 e. The van der Waals surface area contributed by atoms with Crippen molar-refractivity contribution in [2.45, 2.75) is 39.5 Å². The average molecular weight is 243 g/mol. The summed E-state index contributed by atoms with van der Waals surface area (Å²) in [6.45, 7) is 8.47. The second-order valence-electron chi connectivity index (χ2n) is 4.34. The third kappa shape index (κ3) is 3.63. The van der Waals surface area contributed by atoms with Crippen LogP contribution in [0, 0.1) is 11.3 Å². The van der Waals surface area contributed by atoms with Crippen molar-refractivity contribution < 1.29 is 4.74 Å². The lowest BCUT2D eigenvalue weighted by Crippen LogP contribution is -2.03. The number of hydrogen-bond acceptors (Lipinski definition) is 2. The summed E-state index contributed by atoms with van der Waals surface area (Å²) in [5.41, 5.74) is 3.01. The molecule has 0 saturated carbocycles. The quantitative estimate of drug-likeness (QED) is 0.677. The molecule has 18 heavy (non-hydrogen) atoms. The summed E-state index contributed by atoms with van der Waals surface area (Å²) in [6.07, 6.45) is 5.73. The van der Waals surface area contributed by atoms with Crippen LogP contribution in [0.25, 0.3) is 0 Å². The van der Waals surface area contributed by atoms with Crippen molar-refractivity contribution in [3.8, 4) is 11.8 Å². The molecule has 0 saturated heterocycles. The van der Waals surface area contributed by atoms with Gasteiger partial charge in [-0.25, -0.2) is 0 Å². The topological polar surface area (TPSA) is 33.0 Å². The van der Waals surface area contributed by atoms with E-state index in [1.807, 2.05) is 12.1 Å². The fraction of sp³-hybridized carbons (Fsp3) is 0.438. The fourth-order valence-electron chi connectivity index (χ4n) is 2.06. The first-order valence-corrected chi connectivity index (χ1v) is 6.56. The largest absolute Gasteiger partial charge is 0.489 e. The van der Waals surface area contributed by atoms with Crippen LogP contribution in [0.15, 0.2) is 24.8 Å². The van der Waals surface area contributed by atoms with Crippen LogP contribution in [0.3, 0.4) is 0 Å². The van der Waals surface area contributed by atoms with Crippen LogP contribution in [-0.2, 0) is 12.8 Å². The van der Waals surface area contributed by atoms with E-state index in [1.165, 1.54) is 0 Å². The van der Waals surface area contributed by atoms with Gasteiger partial charge in [-0.05, 0) is 36.1 Å². The minimum atomic E-state index is 0.513. The highest BCUT2D eigenvalue weighted by Crippen LogP contribution is 2.28. The summed E-state index contributed by atoms with van der Waals surface area (Å²) in [4.78, 5) is 0. The highest BCUT2D eigenvalue weighted by atomic mass is 16.5. The van der Waals surface area contributed by atoms with Crippen LogP contribution >= 0.6 is 0 Å². The standard InChI is InChI=1S/C16H21NO/c1-4-7-14-10-13(12-17)11-15(8-5-2)16(14)18-9-6-3/h6,10-11H,3-5,7-9H2,1-2H3. The number of aryl methyl sites for hydroxylation is 2. The summed E-state index contributed by atoms with van der Waals surface area (Å²) in [5, 5.41) is 9.08. The molecule has 0 aliphatic heterocycles. The van der Waals surface area contributed by atoms with Gasteiger partial charge in [0.1, 0.15) is 12.4 Å². The molecular weight excluding hydrogens is 222 g/mol. The Balaban J connectivity index is 3.21. The Bertz CT molecular complexity index is 416. The van der Waals surface area contributed by atoms with E-state index in [-0.39, 0.29) is 0 Å². The smallest absolute Gasteiger partial charge is 0.126 e. The van der Waals surface area contributed by atoms with Gasteiger partial charge in [-0.15, -0.1) is 0 Å². The Kier molecular flexibility index (Phi) is 6.00. The van der Waals surface area contributed by atoms with Crippen molar-refractivity contribution in [2.24, 2.45) is 0 Å². The first-order valence-electron chi connectivity index (χ1n) is 6.56. The number of hydrogen-bond donors (Lipinski definition) is 0. The van der Waals surface area contributed by atoms with Crippen molar-refractivity contribution in [1.82, 2.24) is 0 Å². The van der Waals surface area contributed by atoms with Crippen molar-refractivity contribution in [3.05, 3.63) is 41.5 Å². The molecule has 0 heterocycles. The van der Waals surface area contributed by atoms with E-state index in [2.05, 4.69) is 26.5 Å². The van der Waals surface area contributed by atoms with Crippen LogP contribution in [0.2, 0.25) is 0 Å². The van der Waals surface area contributed by atoms with E-state index >= 15 is 0 Å². The van der Waals surface area contributed by atoms with Crippen LogP contribution < -0.4 is 4.74 Å². The van der Waals surface area contributed by atoms with Crippen LogP contribution in [0.5, 0.6) is 5.75 Å². The molecule has 1 aromatic carbocycles. The summed E-state index contributed by atoms with van der Waals surface area (Å²) in [5.74, 6) is 0.956. The predicted octanol–water partition coefficient (Wildman–Crippen LogP) is 4.03. The van der Waals surface area contributed by atoms with Gasteiger partial charge < -0.3 is 4.74 Å². The summed E-state index contributed by atoms with van der Waals surface area (Å²) in [6, 6.07) is 6.12. The number of ether oxygens (including phenoxy) is 1. The van der Waals surface area contributed by atoms with Crippen molar-refractivity contribution in [3.63, 3.8) is 0 Å². The van der Waals surface area contributed by atoms with Crippen LogP contribution in [0.4, 0.5) is 0 Å². The van der Waals surface area contributed by atoms with Crippen molar-refractivity contribution in [2.75, 3.05) is 6.61 Å². The zero-order valence-electron chi connectivity index (χ0n) is 11.3. The van der Waals surface area contributed by atoms with E-state index < -0.39 is 0 Å². The van der Waals surface area contributed by atoms with Gasteiger partial charge in [-0.2, -0.15) is 5.26 Å². The number of rotatable bonds is 7. The fourth-order valence-corrected chi connectivity index (χ4v) is 2.06. The van der Waals surface area contributed by atoms with Gasteiger partial charge in [-0.3, -0.25) is 0 Å². The summed E-state index contributed by atoms with van der Waals surface area (Å²) >= 11 is 0. The highest BCUT2D eigenvalue weighted by Gasteiger charge is 2.11. The third-order valence-corrected chi connectivity index (χ3v) is 2.76. The SMILES string of the molecule is C=CCOc1c(CCC)cc(C#N)cc1CCC. The maximum atomic E-state index is 9.08. The van der Waals surface area contributed by atoms with Gasteiger partial charge in [0.05, 0.1) is 11.6 Å². The molecule has 2 heteroatoms. The molecule has 0 radical (unpaired) electrons. The molecule has 0 bridgehead atoms. The molecule has 0 fully saturated rings. The predicted molar refractivity (Wildman–Crippen MR) is 74.8 cm³/mol. The Morgan fingerprint density at radius 2 is 1.78 bits per heavy atom. The first kappa shape index (κ1) is 14.3. The average Bonchev–Trinajstić information content (AvgIpc) is 2.38. The lowest BCUT2D eigenvalue weighted by atomic mass is 9.98. The lowest BCUT2D eigenvalue weighted by Gasteiger charge is -2.15. The summed E-state index contributed by atoms with van der Waals surface area (Å²) in [7, 11) is 0. The number of nitrogens with zero attached hydrogens (tertiary/aromatic N) is 1. The molecule has 0 unspecified atom stereocenters. The molecule has 0 aliphatic carbocycles. The van der Waals surface area contributed by atoms with Gasteiger partial charge >= 0.3 is 0 Å². The summed E-state index contributed by atoms with van der Waals surface area (Å²) < 4.78 is 5.79. The molecule has 0 spiro atoms. The van der Waals surface area contributed by atoms with Crippen molar-refractivity contribution in [1.29, 1.82) is 5.26 Å². The maximum absolute atomic E-state index is 9.08. The molecule has 96 valence electrons. The number of benzene rings is 1. The molecule has 0 N–H and O–H groups in total. The van der Waals surface area contributed by atoms with E-state index in [9.17, 15) is 0 Å². The van der Waals surface area contributed by atoms with Crippen LogP contribution in [-0.4, -0.2) is 6.61 Å². The molecule has 1 aromatic rings. The van der Waals surface area contributed by atoms with Gasteiger partial charge in [0.25, 0.3) is 0 Å². The second-order valence-corrected chi connectivity index (χ2v) is 4.34. The molecule has 0 aliphatic rings. The van der Waals surface area contributed by atoms with E-state index in [0.717, 1.165) is 48.1 Å². The Morgan fingerprint density at radius 3 is 2.17 bits per heavy atom. The van der Waals surface area contributed by atoms with Gasteiger partial charge in [-0.1, -0.05) is 39.3 Å². The minimum Gasteiger partial charge on any atom is -0.489 e. The second kappa shape index (κ2) is 7.55. The molecule has 0 atom stereocenters. The van der Waals surface area contributed by atoms with Crippen LogP contribution in [0.1, 0.15) is 43.4 Å². The Hall–Kier alpha value is -1.75. The monoisotopic (exact) mass is 243 g/mol. The molecule has 1 rings (SSSR count). The van der Waals surface area contributed by atoms with Gasteiger partial charge in [0.15, 0.2) is 0 Å². The van der Waals surface area contributed by atoms with E-state index in [4.69, 9.17) is 10.00 Å². The molecular formula is C16H21NO. The molecule has 2 nitrogen and oxygen atoms in total. The zero-order valence-corrected chi connectivity index (χ0v) is 11.3.